The molecule has 0 bridgehead atoms. The standard InChI is InChI=1S/C10H14S.C2H6/c1-2-5-9-6-3-4-7-10(9)8-11;1-2/h3-4,6-7,11H,2,5,8H2,1H3;1-2H3. The van der Waals surface area contributed by atoms with Crippen molar-refractivity contribution in [2.75, 3.05) is 0 Å². The molecular weight excluding hydrogens is 176 g/mol. The van der Waals surface area contributed by atoms with E-state index in [9.17, 15) is 0 Å². The molecule has 0 fully saturated rings. The minimum absolute atomic E-state index is 0.857. The Hall–Kier alpha value is -0.430. The van der Waals surface area contributed by atoms with E-state index >= 15 is 0 Å². The van der Waals surface area contributed by atoms with Crippen molar-refractivity contribution in [1.82, 2.24) is 0 Å². The highest BCUT2D eigenvalue weighted by Crippen LogP contribution is 2.12. The van der Waals surface area contributed by atoms with Gasteiger partial charge in [0.15, 0.2) is 0 Å². The first-order valence-corrected chi connectivity index (χ1v) is 5.69. The highest BCUT2D eigenvalue weighted by atomic mass is 32.1. The number of rotatable bonds is 3. The molecule has 0 atom stereocenters. The number of hydrogen-bond acceptors (Lipinski definition) is 1. The second kappa shape index (κ2) is 8.18. The van der Waals surface area contributed by atoms with Gasteiger partial charge in [-0.3, -0.25) is 0 Å². The quantitative estimate of drug-likeness (QED) is 0.691. The first kappa shape index (κ1) is 12.6. The summed E-state index contributed by atoms with van der Waals surface area (Å²) in [5, 5.41) is 0. The smallest absolute Gasteiger partial charge is 0.0157 e. The van der Waals surface area contributed by atoms with Crippen LogP contribution in [0.2, 0.25) is 0 Å². The number of aryl methyl sites for hydroxylation is 1. The molecule has 0 heterocycles. The Morgan fingerprint density at radius 3 is 2.08 bits per heavy atom. The van der Waals surface area contributed by atoms with Crippen LogP contribution in [0.25, 0.3) is 0 Å². The largest absolute Gasteiger partial charge is 0.175 e. The molecule has 0 saturated carbocycles. The SMILES string of the molecule is CC.CCCc1ccccc1CS. The van der Waals surface area contributed by atoms with Crippen LogP contribution in [-0.2, 0) is 12.2 Å². The van der Waals surface area contributed by atoms with Gasteiger partial charge in [0.05, 0.1) is 0 Å². The Bertz CT molecular complexity index is 218. The number of thiol groups is 1. The lowest BCUT2D eigenvalue weighted by Gasteiger charge is -2.04. The topological polar surface area (TPSA) is 0 Å². The molecule has 13 heavy (non-hydrogen) atoms. The summed E-state index contributed by atoms with van der Waals surface area (Å²) >= 11 is 4.27. The molecule has 0 aromatic heterocycles. The van der Waals surface area contributed by atoms with E-state index in [1.165, 1.54) is 24.0 Å². The van der Waals surface area contributed by atoms with Crippen molar-refractivity contribution in [2.45, 2.75) is 39.4 Å². The van der Waals surface area contributed by atoms with Crippen molar-refractivity contribution in [1.29, 1.82) is 0 Å². The maximum Gasteiger partial charge on any atom is 0.0157 e. The third kappa shape index (κ3) is 4.37. The van der Waals surface area contributed by atoms with Crippen LogP contribution >= 0.6 is 12.6 Å². The Labute approximate surface area is 87.8 Å². The third-order valence-corrected chi connectivity index (χ3v) is 2.15. The predicted molar refractivity (Wildman–Crippen MR) is 64.5 cm³/mol. The first-order valence-electron chi connectivity index (χ1n) is 5.06. The summed E-state index contributed by atoms with van der Waals surface area (Å²) in [6.07, 6.45) is 2.39. The average Bonchev–Trinajstić information content (AvgIpc) is 2.22. The van der Waals surface area contributed by atoms with E-state index < -0.39 is 0 Å². The molecule has 0 N–H and O–H groups in total. The normalized spacial score (nSPS) is 8.92. The van der Waals surface area contributed by atoms with Crippen molar-refractivity contribution in [3.63, 3.8) is 0 Å². The Kier molecular flexibility index (Phi) is 7.91. The summed E-state index contributed by atoms with van der Waals surface area (Å²) in [6, 6.07) is 8.51. The van der Waals surface area contributed by atoms with Gasteiger partial charge in [-0.05, 0) is 17.5 Å². The van der Waals surface area contributed by atoms with Gasteiger partial charge >= 0.3 is 0 Å². The van der Waals surface area contributed by atoms with E-state index in [-0.39, 0.29) is 0 Å². The minimum atomic E-state index is 0.857. The average molecular weight is 196 g/mol. The maximum absolute atomic E-state index is 4.27. The maximum atomic E-state index is 4.27. The highest BCUT2D eigenvalue weighted by Gasteiger charge is 1.96. The van der Waals surface area contributed by atoms with E-state index in [2.05, 4.69) is 43.8 Å². The van der Waals surface area contributed by atoms with Crippen molar-refractivity contribution in [2.24, 2.45) is 0 Å². The molecule has 0 radical (unpaired) electrons. The van der Waals surface area contributed by atoms with E-state index in [0.717, 1.165) is 5.75 Å². The van der Waals surface area contributed by atoms with Crippen molar-refractivity contribution in [3.8, 4) is 0 Å². The first-order chi connectivity index (χ1) is 6.38. The van der Waals surface area contributed by atoms with Gasteiger partial charge < -0.3 is 0 Å². The van der Waals surface area contributed by atoms with Gasteiger partial charge in [-0.15, -0.1) is 0 Å². The summed E-state index contributed by atoms with van der Waals surface area (Å²) in [5.74, 6) is 0.857. The molecular formula is C12H20S. The second-order valence-electron chi connectivity index (χ2n) is 2.68. The lowest BCUT2D eigenvalue weighted by Crippen LogP contribution is -1.89. The Morgan fingerprint density at radius 2 is 1.62 bits per heavy atom. The lowest BCUT2D eigenvalue weighted by atomic mass is 10.0. The fourth-order valence-electron chi connectivity index (χ4n) is 1.22. The molecule has 1 rings (SSSR count). The molecule has 1 aromatic carbocycles. The van der Waals surface area contributed by atoms with E-state index in [4.69, 9.17) is 0 Å². The summed E-state index contributed by atoms with van der Waals surface area (Å²) in [6.45, 7) is 6.20. The van der Waals surface area contributed by atoms with Crippen LogP contribution in [0.15, 0.2) is 24.3 Å². The van der Waals surface area contributed by atoms with Crippen molar-refractivity contribution >= 4 is 12.6 Å². The van der Waals surface area contributed by atoms with Crippen LogP contribution in [-0.4, -0.2) is 0 Å². The van der Waals surface area contributed by atoms with Crippen LogP contribution in [0.5, 0.6) is 0 Å². The molecule has 0 nitrogen and oxygen atoms in total. The number of benzene rings is 1. The van der Waals surface area contributed by atoms with Crippen LogP contribution in [0, 0.1) is 0 Å². The number of hydrogen-bond donors (Lipinski definition) is 1. The van der Waals surface area contributed by atoms with Crippen LogP contribution in [0.3, 0.4) is 0 Å². The molecule has 0 aliphatic heterocycles. The second-order valence-corrected chi connectivity index (χ2v) is 2.99. The summed E-state index contributed by atoms with van der Waals surface area (Å²) in [5.41, 5.74) is 2.82. The van der Waals surface area contributed by atoms with Crippen LogP contribution in [0.1, 0.15) is 38.3 Å². The molecule has 0 aliphatic carbocycles. The summed E-state index contributed by atoms with van der Waals surface area (Å²) in [4.78, 5) is 0. The minimum Gasteiger partial charge on any atom is -0.175 e. The zero-order chi connectivity index (χ0) is 10.1. The predicted octanol–water partition coefficient (Wildman–Crippen LogP) is 4.10. The van der Waals surface area contributed by atoms with Gasteiger partial charge in [0.2, 0.25) is 0 Å². The van der Waals surface area contributed by atoms with E-state index in [0.29, 0.717) is 0 Å². The molecule has 0 spiro atoms. The van der Waals surface area contributed by atoms with Crippen molar-refractivity contribution in [3.05, 3.63) is 35.4 Å². The summed E-state index contributed by atoms with van der Waals surface area (Å²) < 4.78 is 0. The van der Waals surface area contributed by atoms with Gasteiger partial charge in [-0.25, -0.2) is 0 Å². The monoisotopic (exact) mass is 196 g/mol. The molecule has 0 aliphatic rings. The summed E-state index contributed by atoms with van der Waals surface area (Å²) in [7, 11) is 0. The molecule has 1 heteroatoms. The molecule has 0 unspecified atom stereocenters. The highest BCUT2D eigenvalue weighted by molar-refractivity contribution is 7.79. The Balaban J connectivity index is 0.000000671. The van der Waals surface area contributed by atoms with E-state index in [1.54, 1.807) is 0 Å². The van der Waals surface area contributed by atoms with E-state index in [1.807, 2.05) is 13.8 Å². The fourth-order valence-corrected chi connectivity index (χ4v) is 1.53. The van der Waals surface area contributed by atoms with Crippen molar-refractivity contribution < 1.29 is 0 Å². The van der Waals surface area contributed by atoms with Gasteiger partial charge in [-0.1, -0.05) is 51.5 Å². The van der Waals surface area contributed by atoms with Gasteiger partial charge in [0.25, 0.3) is 0 Å². The fraction of sp³-hybridized carbons (Fsp3) is 0.500. The van der Waals surface area contributed by atoms with Crippen LogP contribution in [0.4, 0.5) is 0 Å². The molecule has 0 amide bonds. The Morgan fingerprint density at radius 1 is 1.08 bits per heavy atom. The van der Waals surface area contributed by atoms with Gasteiger partial charge in [-0.2, -0.15) is 12.6 Å². The lowest BCUT2D eigenvalue weighted by molar-refractivity contribution is 0.911. The third-order valence-electron chi connectivity index (χ3n) is 1.81. The van der Waals surface area contributed by atoms with Gasteiger partial charge in [0, 0.05) is 5.75 Å². The molecule has 0 saturated heterocycles. The van der Waals surface area contributed by atoms with Crippen LogP contribution < -0.4 is 0 Å². The van der Waals surface area contributed by atoms with Gasteiger partial charge in [0.1, 0.15) is 0 Å². The zero-order valence-electron chi connectivity index (χ0n) is 8.88. The zero-order valence-corrected chi connectivity index (χ0v) is 9.77. The molecule has 1 aromatic rings. The molecule has 74 valence electrons.